The number of nitrogens with two attached hydrogens (primary N) is 1. The minimum Gasteiger partial charge on any atom is -0.493 e. The molecule has 136 valence electrons. The van der Waals surface area contributed by atoms with Gasteiger partial charge < -0.3 is 20.5 Å². The Morgan fingerprint density at radius 1 is 1.42 bits per heavy atom. The Balaban J connectivity index is 0.00000529. The second-order valence-electron chi connectivity index (χ2n) is 6.28. The average Bonchev–Trinajstić information content (AvgIpc) is 2.51. The number of amides is 1. The molecule has 1 aromatic rings. The van der Waals surface area contributed by atoms with Crippen LogP contribution in [0.3, 0.4) is 0 Å². The van der Waals surface area contributed by atoms with Crippen molar-refractivity contribution in [1.82, 2.24) is 5.32 Å². The molecule has 3 N–H and O–H groups in total. The van der Waals surface area contributed by atoms with Gasteiger partial charge in [0, 0.05) is 17.6 Å². The van der Waals surface area contributed by atoms with E-state index in [0.717, 1.165) is 6.42 Å². The summed E-state index contributed by atoms with van der Waals surface area (Å²) in [5.41, 5.74) is 5.92. The molecule has 1 amide bonds. The highest BCUT2D eigenvalue weighted by atomic mass is 35.5. The number of methoxy groups -OCH3 is 1. The molecule has 0 aromatic heterocycles. The third-order valence-corrected chi connectivity index (χ3v) is 3.51. The topological polar surface area (TPSA) is 73.6 Å². The fourth-order valence-electron chi connectivity index (χ4n) is 2.51. The summed E-state index contributed by atoms with van der Waals surface area (Å²) >= 11 is 0. The van der Waals surface area contributed by atoms with E-state index in [-0.39, 0.29) is 18.3 Å². The van der Waals surface area contributed by atoms with Crippen LogP contribution >= 0.6 is 12.4 Å². The summed E-state index contributed by atoms with van der Waals surface area (Å²) in [5.74, 6) is 1.35. The standard InChI is InChI=1S/C18H28N2O3.ClH/c1-6-9-23-15-8-7-14(10-16(15)22-5)17(21)20-18(4,12-19)11-13(2)3;/h6-8,10,13H,1,9,11-12,19H2,2-5H3,(H,20,21);1H. The number of carbonyl (C=O) groups is 1. The Morgan fingerprint density at radius 3 is 2.58 bits per heavy atom. The van der Waals surface area contributed by atoms with Crippen molar-refractivity contribution in [2.75, 3.05) is 20.3 Å². The summed E-state index contributed by atoms with van der Waals surface area (Å²) < 4.78 is 10.8. The van der Waals surface area contributed by atoms with Crippen LogP contribution in [-0.4, -0.2) is 31.7 Å². The van der Waals surface area contributed by atoms with Crippen molar-refractivity contribution < 1.29 is 14.3 Å². The molecule has 0 radical (unpaired) electrons. The fraction of sp³-hybridized carbons (Fsp3) is 0.500. The molecule has 5 nitrogen and oxygen atoms in total. The molecule has 0 aliphatic rings. The van der Waals surface area contributed by atoms with Crippen molar-refractivity contribution in [2.24, 2.45) is 11.7 Å². The molecule has 0 aliphatic heterocycles. The van der Waals surface area contributed by atoms with Crippen molar-refractivity contribution >= 4 is 18.3 Å². The lowest BCUT2D eigenvalue weighted by Crippen LogP contribution is -2.52. The monoisotopic (exact) mass is 356 g/mol. The SMILES string of the molecule is C=CCOc1ccc(C(=O)NC(C)(CN)CC(C)C)cc1OC.Cl. The lowest BCUT2D eigenvalue weighted by atomic mass is 9.90. The fourth-order valence-corrected chi connectivity index (χ4v) is 2.51. The van der Waals surface area contributed by atoms with Crippen LogP contribution in [0.4, 0.5) is 0 Å². The number of rotatable bonds is 9. The number of nitrogens with one attached hydrogen (secondary N) is 1. The normalized spacial score (nSPS) is 12.8. The van der Waals surface area contributed by atoms with Gasteiger partial charge in [-0.25, -0.2) is 0 Å². The average molecular weight is 357 g/mol. The van der Waals surface area contributed by atoms with Gasteiger partial charge in [0.2, 0.25) is 0 Å². The van der Waals surface area contributed by atoms with E-state index in [1.54, 1.807) is 31.4 Å². The molecule has 1 unspecified atom stereocenters. The first-order valence-corrected chi connectivity index (χ1v) is 7.79. The number of benzene rings is 1. The highest BCUT2D eigenvalue weighted by Gasteiger charge is 2.26. The quantitative estimate of drug-likeness (QED) is 0.666. The zero-order chi connectivity index (χ0) is 17.5. The van der Waals surface area contributed by atoms with Gasteiger partial charge in [-0.3, -0.25) is 4.79 Å². The van der Waals surface area contributed by atoms with E-state index in [1.165, 1.54) is 0 Å². The van der Waals surface area contributed by atoms with Crippen molar-refractivity contribution in [2.45, 2.75) is 32.7 Å². The van der Waals surface area contributed by atoms with Crippen LogP contribution in [0.2, 0.25) is 0 Å². The van der Waals surface area contributed by atoms with Crippen molar-refractivity contribution in [1.29, 1.82) is 0 Å². The van der Waals surface area contributed by atoms with Crippen LogP contribution in [0.15, 0.2) is 30.9 Å². The molecule has 0 saturated carbocycles. The minimum absolute atomic E-state index is 0. The van der Waals surface area contributed by atoms with E-state index in [9.17, 15) is 4.79 Å². The minimum atomic E-state index is -0.434. The van der Waals surface area contributed by atoms with E-state index < -0.39 is 5.54 Å². The molecule has 1 atom stereocenters. The second-order valence-corrected chi connectivity index (χ2v) is 6.28. The molecule has 0 aliphatic carbocycles. The maximum Gasteiger partial charge on any atom is 0.251 e. The van der Waals surface area contributed by atoms with Gasteiger partial charge in [0.25, 0.3) is 5.91 Å². The molecule has 24 heavy (non-hydrogen) atoms. The maximum absolute atomic E-state index is 12.5. The molecular weight excluding hydrogens is 328 g/mol. The van der Waals surface area contributed by atoms with Gasteiger partial charge in [-0.15, -0.1) is 12.4 Å². The van der Waals surface area contributed by atoms with Crippen molar-refractivity contribution in [3.63, 3.8) is 0 Å². The van der Waals surface area contributed by atoms with Gasteiger partial charge in [-0.05, 0) is 37.5 Å². The molecule has 1 rings (SSSR count). The predicted octanol–water partition coefficient (Wildman–Crippen LogP) is 3.18. The summed E-state index contributed by atoms with van der Waals surface area (Å²) in [6.45, 7) is 10.5. The summed E-state index contributed by atoms with van der Waals surface area (Å²) in [6, 6.07) is 5.10. The van der Waals surface area contributed by atoms with Gasteiger partial charge in [-0.1, -0.05) is 26.5 Å². The lowest BCUT2D eigenvalue weighted by Gasteiger charge is -2.31. The summed E-state index contributed by atoms with van der Waals surface area (Å²) in [5, 5.41) is 3.03. The number of hydrogen-bond acceptors (Lipinski definition) is 4. The third-order valence-electron chi connectivity index (χ3n) is 3.51. The first-order chi connectivity index (χ1) is 10.8. The molecule has 0 bridgehead atoms. The van der Waals surface area contributed by atoms with Crippen molar-refractivity contribution in [3.8, 4) is 11.5 Å². The first kappa shape index (κ1) is 22.3. The van der Waals surface area contributed by atoms with E-state index in [0.29, 0.717) is 36.1 Å². The van der Waals surface area contributed by atoms with Crippen LogP contribution in [0.25, 0.3) is 0 Å². The highest BCUT2D eigenvalue weighted by molar-refractivity contribution is 5.95. The largest absolute Gasteiger partial charge is 0.493 e. The van der Waals surface area contributed by atoms with Crippen LogP contribution in [0.1, 0.15) is 37.6 Å². The Kier molecular flexibility index (Phi) is 9.48. The van der Waals surface area contributed by atoms with Gasteiger partial charge in [0.15, 0.2) is 11.5 Å². The molecule has 6 heteroatoms. The summed E-state index contributed by atoms with van der Waals surface area (Å²) in [4.78, 5) is 12.5. The van der Waals surface area contributed by atoms with Crippen LogP contribution in [0.5, 0.6) is 11.5 Å². The predicted molar refractivity (Wildman–Crippen MR) is 100 cm³/mol. The smallest absolute Gasteiger partial charge is 0.251 e. The number of hydrogen-bond donors (Lipinski definition) is 2. The number of carbonyl (C=O) groups excluding carboxylic acids is 1. The Hall–Kier alpha value is -1.72. The Morgan fingerprint density at radius 2 is 2.08 bits per heavy atom. The van der Waals surface area contributed by atoms with Gasteiger partial charge >= 0.3 is 0 Å². The zero-order valence-corrected chi connectivity index (χ0v) is 15.7. The van der Waals surface area contributed by atoms with Gasteiger partial charge in [0.05, 0.1) is 7.11 Å². The maximum atomic E-state index is 12.5. The van der Waals surface area contributed by atoms with Gasteiger partial charge in [-0.2, -0.15) is 0 Å². The summed E-state index contributed by atoms with van der Waals surface area (Å²) in [7, 11) is 1.54. The molecule has 0 saturated heterocycles. The highest BCUT2D eigenvalue weighted by Crippen LogP contribution is 2.28. The Labute approximate surface area is 151 Å². The van der Waals surface area contributed by atoms with E-state index in [1.807, 2.05) is 6.92 Å². The lowest BCUT2D eigenvalue weighted by molar-refractivity contribution is 0.0898. The molecular formula is C18H29ClN2O3. The van der Waals surface area contributed by atoms with Gasteiger partial charge in [0.1, 0.15) is 6.61 Å². The molecule has 1 aromatic carbocycles. The molecule has 0 spiro atoms. The first-order valence-electron chi connectivity index (χ1n) is 7.79. The second kappa shape index (κ2) is 10.2. The molecule has 0 heterocycles. The third kappa shape index (κ3) is 6.42. The zero-order valence-electron chi connectivity index (χ0n) is 14.9. The van der Waals surface area contributed by atoms with Crippen LogP contribution in [0, 0.1) is 5.92 Å². The van der Waals surface area contributed by atoms with Crippen LogP contribution in [-0.2, 0) is 0 Å². The van der Waals surface area contributed by atoms with Crippen molar-refractivity contribution in [3.05, 3.63) is 36.4 Å². The number of ether oxygens (including phenoxy) is 2. The Bertz CT molecular complexity index is 549. The van der Waals surface area contributed by atoms with E-state index in [4.69, 9.17) is 15.2 Å². The number of halogens is 1. The van der Waals surface area contributed by atoms with E-state index in [2.05, 4.69) is 25.7 Å². The molecule has 0 fully saturated rings. The van der Waals surface area contributed by atoms with Crippen LogP contribution < -0.4 is 20.5 Å². The van der Waals surface area contributed by atoms with E-state index >= 15 is 0 Å². The summed E-state index contributed by atoms with van der Waals surface area (Å²) in [6.07, 6.45) is 2.46.